The number of nitrogens with two attached hydrogens (primary N) is 1. The Balaban J connectivity index is 2.91. The number of halogens is 1. The number of nitrogen functional groups attached to an aromatic ring is 1. The van der Waals surface area contributed by atoms with Gasteiger partial charge in [-0.25, -0.2) is 4.21 Å². The van der Waals surface area contributed by atoms with Crippen LogP contribution >= 0.6 is 0 Å². The molecule has 0 aliphatic rings. The van der Waals surface area contributed by atoms with Crippen LogP contribution in [0, 0.1) is 0 Å². The largest absolute Gasteiger partial charge is 0.398 e. The fourth-order valence-electron chi connectivity index (χ4n) is 0.885. The predicted molar refractivity (Wildman–Crippen MR) is 47.1 cm³/mol. The van der Waals surface area contributed by atoms with Crippen LogP contribution in [0.25, 0.3) is 0 Å². The molecule has 1 unspecified atom stereocenters. The monoisotopic (exact) mass is 205 g/mol. The van der Waals surface area contributed by atoms with Crippen molar-refractivity contribution in [2.75, 3.05) is 5.73 Å². The second kappa shape index (κ2) is 4.20. The van der Waals surface area contributed by atoms with Gasteiger partial charge in [-0.15, -0.1) is 0 Å². The van der Waals surface area contributed by atoms with Crippen molar-refractivity contribution >= 4 is 16.8 Å². The highest BCUT2D eigenvalue weighted by atomic mass is 32.2. The summed E-state index contributed by atoms with van der Waals surface area (Å²) < 4.78 is 30.6. The molecule has 13 heavy (non-hydrogen) atoms. The molecule has 1 aromatic rings. The molecule has 1 aromatic carbocycles. The molecule has 3 N–H and O–H groups in total. The van der Waals surface area contributed by atoms with Crippen LogP contribution in [0.3, 0.4) is 0 Å². The molecular weight excluding hydrogens is 197 g/mol. The minimum absolute atomic E-state index is 0.0232. The van der Waals surface area contributed by atoms with Crippen molar-refractivity contribution in [3.63, 3.8) is 0 Å². The molecule has 0 amide bonds. The van der Waals surface area contributed by atoms with Gasteiger partial charge in [-0.1, -0.05) is 6.07 Å². The standard InChI is InChI=1S/C7H8FNO3S/c8-12-6-2-1-5(4-13(10)11)7(9)3-6/h1-3H,4,9H2,(H,10,11). The molecule has 6 heteroatoms. The number of hydrogen-bond donors (Lipinski definition) is 2. The Bertz CT molecular complexity index is 332. The molecule has 0 saturated heterocycles. The minimum atomic E-state index is -1.95. The van der Waals surface area contributed by atoms with Gasteiger partial charge in [0.25, 0.3) is 0 Å². The number of benzene rings is 1. The lowest BCUT2D eigenvalue weighted by Gasteiger charge is -2.03. The quantitative estimate of drug-likeness (QED) is 0.575. The van der Waals surface area contributed by atoms with Crippen molar-refractivity contribution in [2.24, 2.45) is 0 Å². The molecule has 72 valence electrons. The maximum absolute atomic E-state index is 11.6. The minimum Gasteiger partial charge on any atom is -0.398 e. The van der Waals surface area contributed by atoms with Crippen molar-refractivity contribution < 1.29 is 18.2 Å². The molecule has 4 nitrogen and oxygen atoms in total. The van der Waals surface area contributed by atoms with Crippen LogP contribution < -0.4 is 10.7 Å². The molecule has 0 spiro atoms. The highest BCUT2D eigenvalue weighted by Crippen LogP contribution is 2.20. The molecule has 0 saturated carbocycles. The van der Waals surface area contributed by atoms with Crippen molar-refractivity contribution in [1.29, 1.82) is 0 Å². The van der Waals surface area contributed by atoms with Gasteiger partial charge < -0.3 is 10.3 Å². The van der Waals surface area contributed by atoms with Crippen LogP contribution in [-0.4, -0.2) is 8.76 Å². The van der Waals surface area contributed by atoms with E-state index in [1.165, 1.54) is 18.2 Å². The topological polar surface area (TPSA) is 72.5 Å². The lowest BCUT2D eigenvalue weighted by Crippen LogP contribution is -1.98. The van der Waals surface area contributed by atoms with Crippen LogP contribution in [0.2, 0.25) is 0 Å². The van der Waals surface area contributed by atoms with Crippen molar-refractivity contribution in [3.05, 3.63) is 23.8 Å². The van der Waals surface area contributed by atoms with Crippen LogP contribution in [0.15, 0.2) is 18.2 Å². The first kappa shape index (κ1) is 9.94. The molecule has 0 aliphatic heterocycles. The summed E-state index contributed by atoms with van der Waals surface area (Å²) in [7, 11) is 0. The van der Waals surface area contributed by atoms with E-state index in [0.29, 0.717) is 5.56 Å². The number of rotatable bonds is 3. The van der Waals surface area contributed by atoms with Gasteiger partial charge in [0.05, 0.1) is 5.75 Å². The second-order valence-electron chi connectivity index (χ2n) is 2.40. The van der Waals surface area contributed by atoms with E-state index in [2.05, 4.69) is 4.94 Å². The van der Waals surface area contributed by atoms with Gasteiger partial charge in [0.2, 0.25) is 0 Å². The van der Waals surface area contributed by atoms with Gasteiger partial charge in [0.15, 0.2) is 16.8 Å². The van der Waals surface area contributed by atoms with Crippen LogP contribution in [0.5, 0.6) is 5.75 Å². The Morgan fingerprint density at radius 1 is 1.62 bits per heavy atom. The van der Waals surface area contributed by atoms with Crippen LogP contribution in [-0.2, 0) is 16.8 Å². The summed E-state index contributed by atoms with van der Waals surface area (Å²) in [5.41, 5.74) is 6.17. The lowest BCUT2D eigenvalue weighted by molar-refractivity contribution is -0.00614. The zero-order valence-corrected chi connectivity index (χ0v) is 7.38. The third-order valence-electron chi connectivity index (χ3n) is 1.49. The first-order chi connectivity index (χ1) is 6.13. The highest BCUT2D eigenvalue weighted by molar-refractivity contribution is 7.78. The molecule has 1 rings (SSSR count). The zero-order valence-electron chi connectivity index (χ0n) is 6.57. The maximum Gasteiger partial charge on any atom is 0.173 e. The molecule has 1 atom stereocenters. The van der Waals surface area contributed by atoms with E-state index in [-0.39, 0.29) is 17.2 Å². The van der Waals surface area contributed by atoms with Crippen molar-refractivity contribution in [1.82, 2.24) is 0 Å². The molecule has 0 bridgehead atoms. The van der Waals surface area contributed by atoms with Crippen LogP contribution in [0.4, 0.5) is 10.2 Å². The number of hydrogen-bond acceptors (Lipinski definition) is 3. The third kappa shape index (κ3) is 2.67. The van der Waals surface area contributed by atoms with Crippen molar-refractivity contribution in [2.45, 2.75) is 5.75 Å². The summed E-state index contributed by atoms with van der Waals surface area (Å²) in [4.78, 5) is 3.44. The van der Waals surface area contributed by atoms with Gasteiger partial charge in [0, 0.05) is 16.3 Å². The van der Waals surface area contributed by atoms with E-state index >= 15 is 0 Å². The first-order valence-electron chi connectivity index (χ1n) is 3.38. The fourth-order valence-corrected chi connectivity index (χ4v) is 1.41. The Kier molecular flexibility index (Phi) is 3.21. The van der Waals surface area contributed by atoms with E-state index in [1.807, 2.05) is 0 Å². The Hall–Kier alpha value is -1.14. The second-order valence-corrected chi connectivity index (χ2v) is 3.34. The average molecular weight is 205 g/mol. The smallest absolute Gasteiger partial charge is 0.173 e. The average Bonchev–Trinajstić information content (AvgIpc) is 2.08. The lowest BCUT2D eigenvalue weighted by atomic mass is 10.2. The normalized spacial score (nSPS) is 12.5. The summed E-state index contributed by atoms with van der Waals surface area (Å²) in [5.74, 6) is -0.0942. The Morgan fingerprint density at radius 2 is 2.31 bits per heavy atom. The van der Waals surface area contributed by atoms with E-state index in [4.69, 9.17) is 10.3 Å². The summed E-state index contributed by atoms with van der Waals surface area (Å²) >= 11 is -1.95. The van der Waals surface area contributed by atoms with Gasteiger partial charge in [0.1, 0.15) is 0 Å². The summed E-state index contributed by atoms with van der Waals surface area (Å²) in [6.45, 7) is 0. The number of anilines is 1. The van der Waals surface area contributed by atoms with Gasteiger partial charge in [-0.2, -0.15) is 0 Å². The maximum atomic E-state index is 11.6. The summed E-state index contributed by atoms with van der Waals surface area (Å²) in [5, 5.41) is 0. The first-order valence-corrected chi connectivity index (χ1v) is 4.65. The van der Waals surface area contributed by atoms with Gasteiger partial charge >= 0.3 is 0 Å². The zero-order chi connectivity index (χ0) is 9.84. The molecular formula is C7H8FNO3S. The Morgan fingerprint density at radius 3 is 2.77 bits per heavy atom. The van der Waals surface area contributed by atoms with E-state index in [1.54, 1.807) is 0 Å². The van der Waals surface area contributed by atoms with Crippen LogP contribution in [0.1, 0.15) is 5.56 Å². The van der Waals surface area contributed by atoms with Gasteiger partial charge in [-0.05, 0) is 11.6 Å². The summed E-state index contributed by atoms with van der Waals surface area (Å²) in [6, 6.07) is 4.03. The van der Waals surface area contributed by atoms with E-state index < -0.39 is 11.1 Å². The third-order valence-corrected chi connectivity index (χ3v) is 2.04. The predicted octanol–water partition coefficient (Wildman–Crippen LogP) is 1.25. The molecule has 0 radical (unpaired) electrons. The fraction of sp³-hybridized carbons (Fsp3) is 0.143. The van der Waals surface area contributed by atoms with Crippen molar-refractivity contribution in [3.8, 4) is 5.75 Å². The highest BCUT2D eigenvalue weighted by Gasteiger charge is 2.04. The SMILES string of the molecule is Nc1cc(OF)ccc1CS(=O)O. The van der Waals surface area contributed by atoms with E-state index in [0.717, 1.165) is 0 Å². The Labute approximate surface area is 76.7 Å². The van der Waals surface area contributed by atoms with E-state index in [9.17, 15) is 8.74 Å². The molecule has 0 fully saturated rings. The molecule has 0 heterocycles. The van der Waals surface area contributed by atoms with Gasteiger partial charge in [-0.3, -0.25) is 4.94 Å². The molecule has 0 aromatic heterocycles. The molecule has 0 aliphatic carbocycles. The summed E-state index contributed by atoms with van der Waals surface area (Å²) in [6.07, 6.45) is 0.